The van der Waals surface area contributed by atoms with Crippen LogP contribution in [0, 0.1) is 0 Å². The largest absolute Gasteiger partial charge is 0.366 e. The molecule has 1 fully saturated rings. The van der Waals surface area contributed by atoms with Crippen LogP contribution in [0.15, 0.2) is 72.0 Å². The number of nitrogens with one attached hydrogen (secondary N) is 1. The van der Waals surface area contributed by atoms with Crippen LogP contribution < -0.4 is 5.32 Å². The van der Waals surface area contributed by atoms with Crippen LogP contribution in [-0.2, 0) is 22.7 Å². The Labute approximate surface area is 171 Å². The summed E-state index contributed by atoms with van der Waals surface area (Å²) in [5.41, 5.74) is 3.52. The summed E-state index contributed by atoms with van der Waals surface area (Å²) >= 11 is 0. The Morgan fingerprint density at radius 3 is 2.52 bits per heavy atom. The van der Waals surface area contributed by atoms with Gasteiger partial charge in [-0.15, -0.1) is 0 Å². The van der Waals surface area contributed by atoms with Gasteiger partial charge in [-0.2, -0.15) is 0 Å². The molecule has 2 unspecified atom stereocenters. The summed E-state index contributed by atoms with van der Waals surface area (Å²) in [5, 5.41) is 3.39. The number of nitrogens with zero attached hydrogens (tertiary/aromatic N) is 2. The number of anilines is 1. The second-order valence-corrected chi connectivity index (χ2v) is 10.2. The van der Waals surface area contributed by atoms with Crippen molar-refractivity contribution in [2.24, 2.45) is 0 Å². The van der Waals surface area contributed by atoms with Gasteiger partial charge in [0.05, 0.1) is 10.1 Å². The lowest BCUT2D eigenvalue weighted by Crippen LogP contribution is -2.27. The van der Waals surface area contributed by atoms with E-state index in [9.17, 15) is 8.42 Å². The standard InChI is InChI=1S/C23H23N3O2S/c27-29(28,20-9-10-20)19-7-5-17(6-8-19)21(13-16-3-1-11-24-15-16)22-14-18-4-2-12-25-23(18)26-22/h1-8,11-12,15,20-22H,9-10,13-14H2,(H,25,26). The Hall–Kier alpha value is -2.73. The van der Waals surface area contributed by atoms with Crippen molar-refractivity contribution in [1.82, 2.24) is 9.97 Å². The minimum Gasteiger partial charge on any atom is -0.366 e. The van der Waals surface area contributed by atoms with Gasteiger partial charge in [0.15, 0.2) is 9.84 Å². The molecule has 3 aromatic rings. The maximum atomic E-state index is 12.5. The summed E-state index contributed by atoms with van der Waals surface area (Å²) in [7, 11) is -3.17. The van der Waals surface area contributed by atoms with Crippen molar-refractivity contribution in [3.05, 3.63) is 83.8 Å². The van der Waals surface area contributed by atoms with E-state index in [-0.39, 0.29) is 17.2 Å². The fourth-order valence-corrected chi connectivity index (χ4v) is 5.84. The fourth-order valence-electron chi connectivity index (χ4n) is 4.18. The summed E-state index contributed by atoms with van der Waals surface area (Å²) in [6, 6.07) is 15.8. The molecule has 2 aliphatic rings. The van der Waals surface area contributed by atoms with Crippen LogP contribution in [0.2, 0.25) is 0 Å². The SMILES string of the molecule is O=S(=O)(c1ccc(C(Cc2cccnc2)C2Cc3cccnc3N2)cc1)C1CC1. The molecule has 29 heavy (non-hydrogen) atoms. The van der Waals surface area contributed by atoms with E-state index in [0.29, 0.717) is 4.90 Å². The smallest absolute Gasteiger partial charge is 0.181 e. The van der Waals surface area contributed by atoms with Gasteiger partial charge in [-0.05, 0) is 66.6 Å². The highest BCUT2D eigenvalue weighted by atomic mass is 32.2. The van der Waals surface area contributed by atoms with Gasteiger partial charge in [0, 0.05) is 30.6 Å². The molecule has 6 heteroatoms. The number of rotatable bonds is 6. The first-order valence-corrected chi connectivity index (χ1v) is 11.6. The lowest BCUT2D eigenvalue weighted by atomic mass is 9.85. The van der Waals surface area contributed by atoms with Crippen molar-refractivity contribution in [3.63, 3.8) is 0 Å². The molecule has 5 nitrogen and oxygen atoms in total. The van der Waals surface area contributed by atoms with E-state index >= 15 is 0 Å². The van der Waals surface area contributed by atoms with Crippen molar-refractivity contribution in [2.75, 3.05) is 5.32 Å². The van der Waals surface area contributed by atoms with E-state index in [0.717, 1.165) is 42.6 Å². The summed E-state index contributed by atoms with van der Waals surface area (Å²) < 4.78 is 25.1. The lowest BCUT2D eigenvalue weighted by Gasteiger charge is -2.25. The molecule has 1 aliphatic carbocycles. The molecule has 0 saturated heterocycles. The summed E-state index contributed by atoms with van der Waals surface area (Å²) in [5.74, 6) is 1.13. The van der Waals surface area contributed by atoms with Crippen LogP contribution in [0.5, 0.6) is 0 Å². The quantitative estimate of drug-likeness (QED) is 0.676. The maximum Gasteiger partial charge on any atom is 0.181 e. The highest BCUT2D eigenvalue weighted by Crippen LogP contribution is 2.36. The average molecular weight is 406 g/mol. The van der Waals surface area contributed by atoms with Crippen LogP contribution in [0.25, 0.3) is 0 Å². The van der Waals surface area contributed by atoms with Gasteiger partial charge in [0.2, 0.25) is 0 Å². The molecule has 3 heterocycles. The van der Waals surface area contributed by atoms with Crippen molar-refractivity contribution >= 4 is 15.7 Å². The van der Waals surface area contributed by atoms with Gasteiger partial charge in [0.1, 0.15) is 5.82 Å². The summed E-state index contributed by atoms with van der Waals surface area (Å²) in [6.07, 6.45) is 8.78. The van der Waals surface area contributed by atoms with Gasteiger partial charge in [-0.1, -0.05) is 24.3 Å². The van der Waals surface area contributed by atoms with Crippen molar-refractivity contribution < 1.29 is 8.42 Å². The van der Waals surface area contributed by atoms with E-state index in [1.807, 2.05) is 36.7 Å². The molecule has 148 valence electrons. The first-order chi connectivity index (χ1) is 14.1. The van der Waals surface area contributed by atoms with Crippen LogP contribution in [-0.4, -0.2) is 29.7 Å². The lowest BCUT2D eigenvalue weighted by molar-refractivity contribution is 0.571. The van der Waals surface area contributed by atoms with E-state index in [1.165, 1.54) is 5.56 Å². The van der Waals surface area contributed by atoms with Crippen molar-refractivity contribution in [1.29, 1.82) is 0 Å². The molecule has 1 aliphatic heterocycles. The topological polar surface area (TPSA) is 72.0 Å². The first-order valence-electron chi connectivity index (χ1n) is 10.0. The Balaban J connectivity index is 1.45. The Bertz CT molecular complexity index is 1090. The van der Waals surface area contributed by atoms with Gasteiger partial charge in [0.25, 0.3) is 0 Å². The molecule has 0 bridgehead atoms. The van der Waals surface area contributed by atoms with E-state index in [2.05, 4.69) is 27.4 Å². The second kappa shape index (κ2) is 7.26. The monoisotopic (exact) mass is 405 g/mol. The number of pyridine rings is 2. The maximum absolute atomic E-state index is 12.5. The molecule has 0 amide bonds. The minimum absolute atomic E-state index is 0.184. The molecule has 2 aromatic heterocycles. The summed E-state index contributed by atoms with van der Waals surface area (Å²) in [4.78, 5) is 9.16. The Kier molecular flexibility index (Phi) is 4.59. The van der Waals surface area contributed by atoms with Gasteiger partial charge < -0.3 is 5.32 Å². The molecular weight excluding hydrogens is 382 g/mol. The van der Waals surface area contributed by atoms with Crippen molar-refractivity contribution in [3.8, 4) is 0 Å². The molecule has 0 spiro atoms. The third-order valence-corrected chi connectivity index (χ3v) is 8.20. The molecule has 1 aromatic carbocycles. The Morgan fingerprint density at radius 2 is 1.83 bits per heavy atom. The second-order valence-electron chi connectivity index (χ2n) is 7.95. The molecule has 5 rings (SSSR count). The molecule has 2 atom stereocenters. The van der Waals surface area contributed by atoms with Gasteiger partial charge in [-0.3, -0.25) is 4.98 Å². The number of hydrogen-bond donors (Lipinski definition) is 1. The van der Waals surface area contributed by atoms with E-state index in [4.69, 9.17) is 0 Å². The molecular formula is C23H23N3O2S. The molecule has 1 N–H and O–H groups in total. The minimum atomic E-state index is -3.17. The predicted molar refractivity (Wildman–Crippen MR) is 113 cm³/mol. The van der Waals surface area contributed by atoms with Gasteiger partial charge in [-0.25, -0.2) is 13.4 Å². The number of benzene rings is 1. The molecule has 0 radical (unpaired) electrons. The number of sulfone groups is 1. The first kappa shape index (κ1) is 18.3. The van der Waals surface area contributed by atoms with Crippen LogP contribution in [0.1, 0.15) is 35.4 Å². The third-order valence-electron chi connectivity index (χ3n) is 5.92. The van der Waals surface area contributed by atoms with E-state index < -0.39 is 9.84 Å². The van der Waals surface area contributed by atoms with Crippen LogP contribution in [0.3, 0.4) is 0 Å². The van der Waals surface area contributed by atoms with Crippen LogP contribution in [0.4, 0.5) is 5.82 Å². The Morgan fingerprint density at radius 1 is 1.03 bits per heavy atom. The third kappa shape index (κ3) is 3.65. The zero-order chi connectivity index (χ0) is 19.8. The number of hydrogen-bond acceptors (Lipinski definition) is 5. The van der Waals surface area contributed by atoms with Crippen LogP contribution >= 0.6 is 0 Å². The normalized spacial score (nSPS) is 19.4. The average Bonchev–Trinajstić information content (AvgIpc) is 3.53. The number of fused-ring (bicyclic) bond motifs is 1. The highest BCUT2D eigenvalue weighted by Gasteiger charge is 2.37. The number of aromatic nitrogens is 2. The molecule has 1 saturated carbocycles. The van der Waals surface area contributed by atoms with Gasteiger partial charge >= 0.3 is 0 Å². The predicted octanol–water partition coefficient (Wildman–Crippen LogP) is 3.78. The highest BCUT2D eigenvalue weighted by molar-refractivity contribution is 7.92. The fraction of sp³-hybridized carbons (Fsp3) is 0.304. The zero-order valence-electron chi connectivity index (χ0n) is 16.0. The zero-order valence-corrected chi connectivity index (χ0v) is 16.8. The van der Waals surface area contributed by atoms with E-state index in [1.54, 1.807) is 18.3 Å². The summed E-state index contributed by atoms with van der Waals surface area (Å²) in [6.45, 7) is 0. The van der Waals surface area contributed by atoms with Crippen molar-refractivity contribution in [2.45, 2.75) is 47.8 Å².